The number of halogens is 1. The Morgan fingerprint density at radius 2 is 1.80 bits per heavy atom. The maximum atomic E-state index is 14.1. The number of rotatable bonds is 6. The Kier molecular flexibility index (Phi) is 7.35. The van der Waals surface area contributed by atoms with Crippen LogP contribution in [-0.2, 0) is 10.0 Å². The number of nitrogens with zero attached hydrogens (tertiary/aromatic N) is 4. The second kappa shape index (κ2) is 11.0. The Hall–Kier alpha value is -3.67. The number of sulfonamides is 1. The highest BCUT2D eigenvalue weighted by Crippen LogP contribution is 2.48. The molecule has 3 heterocycles. The Morgan fingerprint density at radius 3 is 2.46 bits per heavy atom. The van der Waals surface area contributed by atoms with Crippen LogP contribution in [0.25, 0.3) is 0 Å². The maximum absolute atomic E-state index is 14.1. The molecule has 2 aromatic carbocycles. The van der Waals surface area contributed by atoms with Crippen LogP contribution in [0.3, 0.4) is 0 Å². The van der Waals surface area contributed by atoms with E-state index in [-0.39, 0.29) is 36.0 Å². The van der Waals surface area contributed by atoms with Crippen LogP contribution in [0.4, 0.5) is 15.8 Å². The van der Waals surface area contributed by atoms with Crippen LogP contribution in [0.1, 0.15) is 35.5 Å². The number of aliphatic imine (C=N–C) groups is 1. The van der Waals surface area contributed by atoms with Gasteiger partial charge in [-0.3, -0.25) is 4.79 Å². The van der Waals surface area contributed by atoms with Crippen LogP contribution in [0, 0.1) is 11.2 Å². The molecule has 41 heavy (non-hydrogen) atoms. The van der Waals surface area contributed by atoms with E-state index in [1.54, 1.807) is 35.8 Å². The van der Waals surface area contributed by atoms with Crippen molar-refractivity contribution in [2.75, 3.05) is 31.1 Å². The highest BCUT2D eigenvalue weighted by atomic mass is 32.2. The van der Waals surface area contributed by atoms with Gasteiger partial charge in [0.2, 0.25) is 15.8 Å². The van der Waals surface area contributed by atoms with Crippen molar-refractivity contribution in [1.82, 2.24) is 9.29 Å². The fraction of sp³-hybridized carbons (Fsp3) is 0.300. The molecule has 11 heteroatoms. The molecule has 0 amide bonds. The lowest BCUT2D eigenvalue weighted by Crippen LogP contribution is -2.53. The van der Waals surface area contributed by atoms with Crippen molar-refractivity contribution < 1.29 is 17.6 Å². The molecule has 1 aromatic heterocycles. The number of anilines is 1. The van der Waals surface area contributed by atoms with E-state index in [4.69, 9.17) is 5.73 Å². The summed E-state index contributed by atoms with van der Waals surface area (Å²) in [6.45, 7) is 2.13. The number of allylic oxidation sites excluding steroid dienone is 2. The van der Waals surface area contributed by atoms with Gasteiger partial charge in [-0.05, 0) is 92.1 Å². The number of nitrogens with two attached hydrogens (primary N) is 1. The van der Waals surface area contributed by atoms with Crippen molar-refractivity contribution >= 4 is 44.2 Å². The molecule has 1 aliphatic carbocycles. The number of ketones is 1. The summed E-state index contributed by atoms with van der Waals surface area (Å²) in [6.07, 6.45) is 7.61. The predicted molar refractivity (Wildman–Crippen MR) is 159 cm³/mol. The summed E-state index contributed by atoms with van der Waals surface area (Å²) in [5.41, 5.74) is 8.42. The number of aromatic nitrogens is 1. The summed E-state index contributed by atoms with van der Waals surface area (Å²) in [4.78, 5) is 25.5. The number of carbonyl (C=O) groups is 1. The summed E-state index contributed by atoms with van der Waals surface area (Å²) >= 11 is 1.23. The molecule has 0 unspecified atom stereocenters. The van der Waals surface area contributed by atoms with Crippen LogP contribution in [0.2, 0.25) is 0 Å². The van der Waals surface area contributed by atoms with Gasteiger partial charge in [0.05, 0.1) is 21.7 Å². The van der Waals surface area contributed by atoms with E-state index in [9.17, 15) is 17.6 Å². The number of thiazole rings is 1. The molecule has 2 fully saturated rings. The SMILES string of the molecule is N/C=C1/C[C@]2(C(=O)c3nccs3)CN(S(=O)(=O)c3ccc(N4CCCC4)cc3)CCC2=CC1=Nc1ccc(F)cc1. The van der Waals surface area contributed by atoms with Crippen LogP contribution >= 0.6 is 11.3 Å². The lowest BCUT2D eigenvalue weighted by atomic mass is 9.65. The highest BCUT2D eigenvalue weighted by Gasteiger charge is 2.51. The molecular weight excluding hydrogens is 561 g/mol. The van der Waals surface area contributed by atoms with E-state index >= 15 is 0 Å². The summed E-state index contributed by atoms with van der Waals surface area (Å²) in [5, 5.41) is 2.05. The van der Waals surface area contributed by atoms with Crippen molar-refractivity contribution in [3.63, 3.8) is 0 Å². The molecule has 2 aliphatic heterocycles. The van der Waals surface area contributed by atoms with Gasteiger partial charge < -0.3 is 10.6 Å². The zero-order valence-corrected chi connectivity index (χ0v) is 24.0. The van der Waals surface area contributed by atoms with Gasteiger partial charge >= 0.3 is 0 Å². The monoisotopic (exact) mass is 591 g/mol. The third kappa shape index (κ3) is 5.13. The van der Waals surface area contributed by atoms with Gasteiger partial charge in [0.25, 0.3) is 0 Å². The predicted octanol–water partition coefficient (Wildman–Crippen LogP) is 5.09. The lowest BCUT2D eigenvalue weighted by Gasteiger charge is -2.45. The Balaban J connectivity index is 1.37. The van der Waals surface area contributed by atoms with Gasteiger partial charge in [-0.25, -0.2) is 22.8 Å². The number of piperidine rings is 1. The standard InChI is InChI=1S/C30H30FN5O3S2/c31-23-3-5-24(6-4-23)34-27-17-22-11-15-36(20-30(22,18-21(27)19-32)28(37)29-33-12-16-40-29)41(38,39)26-9-7-25(8-10-26)35-13-1-2-14-35/h3-10,12,16-17,19H,1-2,11,13-15,18,20,32H2/b21-19-,34-27?/t30-/m0/s1. The minimum absolute atomic E-state index is 0.0331. The maximum Gasteiger partial charge on any atom is 0.243 e. The first-order valence-electron chi connectivity index (χ1n) is 13.6. The zero-order valence-electron chi connectivity index (χ0n) is 22.4. The summed E-state index contributed by atoms with van der Waals surface area (Å²) in [7, 11) is -3.88. The average molecular weight is 592 g/mol. The van der Waals surface area contributed by atoms with Gasteiger partial charge in [-0.15, -0.1) is 11.3 Å². The number of hydrogen-bond donors (Lipinski definition) is 1. The Labute approximate surface area is 242 Å². The normalized spacial score (nSPS) is 23.5. The summed E-state index contributed by atoms with van der Waals surface area (Å²) in [5.74, 6) is -0.596. The van der Waals surface area contributed by atoms with Crippen LogP contribution in [-0.4, -0.2) is 55.4 Å². The largest absolute Gasteiger partial charge is 0.404 e. The third-order valence-electron chi connectivity index (χ3n) is 8.11. The minimum atomic E-state index is -3.88. The highest BCUT2D eigenvalue weighted by molar-refractivity contribution is 7.89. The first-order valence-corrected chi connectivity index (χ1v) is 15.9. The fourth-order valence-electron chi connectivity index (χ4n) is 5.92. The molecule has 8 nitrogen and oxygen atoms in total. The van der Waals surface area contributed by atoms with E-state index in [0.29, 0.717) is 28.4 Å². The number of Topliss-reactive ketones (excluding diaryl/α,β-unsaturated/α-hetero) is 1. The van der Waals surface area contributed by atoms with Crippen LogP contribution < -0.4 is 10.6 Å². The quantitative estimate of drug-likeness (QED) is 0.400. The lowest BCUT2D eigenvalue weighted by molar-refractivity contribution is 0.0776. The first kappa shape index (κ1) is 27.5. The van der Waals surface area contributed by atoms with Crippen molar-refractivity contribution in [3.8, 4) is 0 Å². The van der Waals surface area contributed by atoms with E-state index in [2.05, 4.69) is 14.9 Å². The van der Waals surface area contributed by atoms with E-state index in [1.807, 2.05) is 18.2 Å². The molecule has 0 spiro atoms. The third-order valence-corrected chi connectivity index (χ3v) is 10.7. The number of carbonyl (C=O) groups excluding carboxylic acids is 1. The van der Waals surface area contributed by atoms with Crippen molar-refractivity contribution in [1.29, 1.82) is 0 Å². The van der Waals surface area contributed by atoms with Gasteiger partial charge in [0, 0.05) is 43.4 Å². The van der Waals surface area contributed by atoms with Gasteiger partial charge in [0.15, 0.2) is 5.01 Å². The average Bonchev–Trinajstić information content (AvgIpc) is 3.73. The molecule has 2 saturated heterocycles. The molecule has 6 rings (SSSR count). The second-order valence-corrected chi connectivity index (χ2v) is 13.4. The van der Waals surface area contributed by atoms with E-state index in [1.165, 1.54) is 34.0 Å². The van der Waals surface area contributed by atoms with Crippen molar-refractivity contribution in [2.24, 2.45) is 16.1 Å². The van der Waals surface area contributed by atoms with E-state index < -0.39 is 15.4 Å². The van der Waals surface area contributed by atoms with Crippen LogP contribution in [0.5, 0.6) is 0 Å². The summed E-state index contributed by atoms with van der Waals surface area (Å²) in [6, 6.07) is 12.8. The smallest absolute Gasteiger partial charge is 0.243 e. The number of benzene rings is 2. The Bertz CT molecular complexity index is 1640. The molecule has 212 valence electrons. The number of fused-ring (bicyclic) bond motifs is 1. The molecule has 1 atom stereocenters. The molecule has 0 bridgehead atoms. The van der Waals surface area contributed by atoms with Crippen molar-refractivity contribution in [3.05, 3.63) is 94.4 Å². The molecule has 0 saturated carbocycles. The molecule has 3 aromatic rings. The van der Waals surface area contributed by atoms with E-state index in [0.717, 1.165) is 37.2 Å². The van der Waals surface area contributed by atoms with Crippen LogP contribution in [0.15, 0.2) is 93.4 Å². The molecule has 2 N–H and O–H groups in total. The van der Waals surface area contributed by atoms with Crippen molar-refractivity contribution in [2.45, 2.75) is 30.6 Å². The minimum Gasteiger partial charge on any atom is -0.404 e. The van der Waals surface area contributed by atoms with Gasteiger partial charge in [0.1, 0.15) is 5.82 Å². The molecule has 0 radical (unpaired) electrons. The molecular formula is C30H30FN5O3S2. The topological polar surface area (TPSA) is 109 Å². The van der Waals surface area contributed by atoms with Gasteiger partial charge in [-0.1, -0.05) is 5.57 Å². The molecule has 3 aliphatic rings. The second-order valence-electron chi connectivity index (χ2n) is 10.5. The van der Waals surface area contributed by atoms with Gasteiger partial charge in [-0.2, -0.15) is 4.31 Å². The fourth-order valence-corrected chi connectivity index (χ4v) is 8.09. The zero-order chi connectivity index (χ0) is 28.6. The number of hydrogen-bond acceptors (Lipinski definition) is 8. The first-order chi connectivity index (χ1) is 19.8. The summed E-state index contributed by atoms with van der Waals surface area (Å²) < 4.78 is 42.7. The Morgan fingerprint density at radius 1 is 1.07 bits per heavy atom.